The average molecular weight is 197 g/mol. The van der Waals surface area contributed by atoms with Crippen molar-refractivity contribution >= 4 is 33.0 Å². The van der Waals surface area contributed by atoms with Gasteiger partial charge in [-0.05, 0) is 28.8 Å². The third kappa shape index (κ3) is 1.13. The van der Waals surface area contributed by atoms with E-state index in [1.165, 1.54) is 21.2 Å². The summed E-state index contributed by atoms with van der Waals surface area (Å²) >= 11 is 7.60. The molecule has 1 aromatic heterocycles. The summed E-state index contributed by atoms with van der Waals surface area (Å²) < 4.78 is 1.34. The van der Waals surface area contributed by atoms with Gasteiger partial charge in [-0.15, -0.1) is 22.9 Å². The zero-order valence-corrected chi connectivity index (χ0v) is 8.38. The molecule has 0 atom stereocenters. The lowest BCUT2D eigenvalue weighted by Gasteiger charge is -1.96. The molecule has 0 unspecified atom stereocenters. The molecule has 12 heavy (non-hydrogen) atoms. The fourth-order valence-electron chi connectivity index (χ4n) is 1.35. The maximum absolute atomic E-state index is 5.82. The Labute approximate surface area is 80.8 Å². The summed E-state index contributed by atoms with van der Waals surface area (Å²) in [6.45, 7) is 2.14. The van der Waals surface area contributed by atoms with Gasteiger partial charge in [-0.1, -0.05) is 18.2 Å². The molecule has 0 bridgehead atoms. The van der Waals surface area contributed by atoms with Gasteiger partial charge in [0.1, 0.15) is 0 Å². The summed E-state index contributed by atoms with van der Waals surface area (Å²) in [4.78, 5) is 0. The van der Waals surface area contributed by atoms with Crippen LogP contribution in [0.1, 0.15) is 11.1 Å². The summed E-state index contributed by atoms with van der Waals surface area (Å²) in [7, 11) is 0. The van der Waals surface area contributed by atoms with E-state index in [-0.39, 0.29) is 0 Å². The third-order valence-corrected chi connectivity index (χ3v) is 3.50. The minimum atomic E-state index is 0.608. The summed E-state index contributed by atoms with van der Waals surface area (Å²) in [5.74, 6) is 0.608. The van der Waals surface area contributed by atoms with Gasteiger partial charge < -0.3 is 0 Å². The van der Waals surface area contributed by atoms with Crippen molar-refractivity contribution in [1.29, 1.82) is 0 Å². The van der Waals surface area contributed by atoms with Crippen molar-refractivity contribution < 1.29 is 0 Å². The monoisotopic (exact) mass is 196 g/mol. The second-order valence-corrected chi connectivity index (χ2v) is 3.99. The molecular weight excluding hydrogens is 188 g/mol. The summed E-state index contributed by atoms with van der Waals surface area (Å²) in [5, 5.41) is 3.53. The summed E-state index contributed by atoms with van der Waals surface area (Å²) in [6.07, 6.45) is 0. The Balaban J connectivity index is 2.81. The predicted molar refractivity (Wildman–Crippen MR) is 56.1 cm³/mol. The third-order valence-electron chi connectivity index (χ3n) is 2.02. The number of benzene rings is 1. The van der Waals surface area contributed by atoms with Crippen LogP contribution < -0.4 is 0 Å². The van der Waals surface area contributed by atoms with Crippen LogP contribution in [0, 0.1) is 6.92 Å². The first-order valence-electron chi connectivity index (χ1n) is 3.84. The number of hydrogen-bond donors (Lipinski definition) is 0. The van der Waals surface area contributed by atoms with E-state index in [4.69, 9.17) is 11.6 Å². The lowest BCUT2D eigenvalue weighted by molar-refractivity contribution is 1.46. The number of thiophene rings is 1. The molecule has 0 N–H and O–H groups in total. The molecule has 0 aliphatic carbocycles. The van der Waals surface area contributed by atoms with Crippen LogP contribution in [-0.2, 0) is 5.88 Å². The molecule has 0 aliphatic heterocycles. The highest BCUT2D eigenvalue weighted by Crippen LogP contribution is 2.29. The minimum Gasteiger partial charge on any atom is -0.143 e. The van der Waals surface area contributed by atoms with Crippen LogP contribution in [0.3, 0.4) is 0 Å². The van der Waals surface area contributed by atoms with Crippen LogP contribution in [-0.4, -0.2) is 0 Å². The smallest absolute Gasteiger partial charge is 0.0488 e. The number of hydrogen-bond acceptors (Lipinski definition) is 1. The Bertz CT molecular complexity index is 403. The molecule has 1 heterocycles. The maximum atomic E-state index is 5.82. The largest absolute Gasteiger partial charge is 0.143 e. The zero-order valence-electron chi connectivity index (χ0n) is 6.80. The van der Waals surface area contributed by atoms with Crippen molar-refractivity contribution in [3.8, 4) is 0 Å². The van der Waals surface area contributed by atoms with Crippen LogP contribution in [0.5, 0.6) is 0 Å². The molecule has 0 saturated carbocycles. The van der Waals surface area contributed by atoms with E-state index in [0.29, 0.717) is 5.88 Å². The lowest BCUT2D eigenvalue weighted by Crippen LogP contribution is -1.76. The molecule has 2 heteroatoms. The van der Waals surface area contributed by atoms with E-state index in [1.807, 2.05) is 0 Å². The Kier molecular flexibility index (Phi) is 2.07. The standard InChI is InChI=1S/C10H9ClS/c1-7-6-12-10-8(5-11)3-2-4-9(7)10/h2-4,6H,5H2,1H3. The van der Waals surface area contributed by atoms with Crippen molar-refractivity contribution in [3.63, 3.8) is 0 Å². The number of fused-ring (bicyclic) bond motifs is 1. The Morgan fingerprint density at radius 2 is 2.25 bits per heavy atom. The fourth-order valence-corrected chi connectivity index (χ4v) is 2.72. The number of aryl methyl sites for hydroxylation is 1. The van der Waals surface area contributed by atoms with Crippen LogP contribution in [0.4, 0.5) is 0 Å². The van der Waals surface area contributed by atoms with Gasteiger partial charge >= 0.3 is 0 Å². The zero-order chi connectivity index (χ0) is 8.55. The van der Waals surface area contributed by atoms with Gasteiger partial charge in [-0.3, -0.25) is 0 Å². The summed E-state index contributed by atoms with van der Waals surface area (Å²) in [6, 6.07) is 6.31. The van der Waals surface area contributed by atoms with Crippen LogP contribution in [0.2, 0.25) is 0 Å². The van der Waals surface area contributed by atoms with Crippen molar-refractivity contribution in [1.82, 2.24) is 0 Å². The van der Waals surface area contributed by atoms with E-state index in [0.717, 1.165) is 0 Å². The molecule has 1 aromatic carbocycles. The van der Waals surface area contributed by atoms with E-state index in [9.17, 15) is 0 Å². The number of halogens is 1. The fraction of sp³-hybridized carbons (Fsp3) is 0.200. The molecule has 0 aliphatic rings. The molecule has 0 amide bonds. The van der Waals surface area contributed by atoms with Gasteiger partial charge in [-0.25, -0.2) is 0 Å². The van der Waals surface area contributed by atoms with Crippen LogP contribution >= 0.6 is 22.9 Å². The van der Waals surface area contributed by atoms with Gasteiger partial charge in [0.05, 0.1) is 0 Å². The average Bonchev–Trinajstić information content (AvgIpc) is 2.48. The maximum Gasteiger partial charge on any atom is 0.0488 e. The normalized spacial score (nSPS) is 10.8. The van der Waals surface area contributed by atoms with Crippen LogP contribution in [0.15, 0.2) is 23.6 Å². The molecule has 2 aromatic rings. The first kappa shape index (κ1) is 8.09. The Morgan fingerprint density at radius 3 is 3.00 bits per heavy atom. The van der Waals surface area contributed by atoms with Gasteiger partial charge in [0, 0.05) is 10.6 Å². The van der Waals surface area contributed by atoms with Crippen LogP contribution in [0.25, 0.3) is 10.1 Å². The highest BCUT2D eigenvalue weighted by Gasteiger charge is 2.02. The molecule has 0 radical (unpaired) electrons. The first-order valence-corrected chi connectivity index (χ1v) is 5.26. The van der Waals surface area contributed by atoms with Gasteiger partial charge in [0.25, 0.3) is 0 Å². The number of alkyl halides is 1. The van der Waals surface area contributed by atoms with E-state index in [2.05, 4.69) is 30.5 Å². The molecular formula is C10H9ClS. The van der Waals surface area contributed by atoms with E-state index >= 15 is 0 Å². The van der Waals surface area contributed by atoms with Gasteiger partial charge in [0.2, 0.25) is 0 Å². The highest BCUT2D eigenvalue weighted by atomic mass is 35.5. The molecule has 0 saturated heterocycles. The Morgan fingerprint density at radius 1 is 1.42 bits per heavy atom. The first-order chi connectivity index (χ1) is 5.83. The van der Waals surface area contributed by atoms with Gasteiger partial charge in [-0.2, -0.15) is 0 Å². The second-order valence-electron chi connectivity index (χ2n) is 2.85. The van der Waals surface area contributed by atoms with Crippen molar-refractivity contribution in [2.75, 3.05) is 0 Å². The molecule has 0 fully saturated rings. The SMILES string of the molecule is Cc1csc2c(CCl)cccc12. The topological polar surface area (TPSA) is 0 Å². The Hall–Kier alpha value is -0.530. The van der Waals surface area contributed by atoms with Gasteiger partial charge in [0.15, 0.2) is 0 Å². The quantitative estimate of drug-likeness (QED) is 0.606. The van der Waals surface area contributed by atoms with Crippen molar-refractivity contribution in [2.45, 2.75) is 12.8 Å². The predicted octanol–water partition coefficient (Wildman–Crippen LogP) is 3.95. The van der Waals surface area contributed by atoms with E-state index < -0.39 is 0 Å². The molecule has 0 spiro atoms. The number of rotatable bonds is 1. The summed E-state index contributed by atoms with van der Waals surface area (Å²) in [5.41, 5.74) is 2.59. The van der Waals surface area contributed by atoms with Crippen molar-refractivity contribution in [3.05, 3.63) is 34.7 Å². The highest BCUT2D eigenvalue weighted by molar-refractivity contribution is 7.17. The molecule has 0 nitrogen and oxygen atoms in total. The molecule has 2 rings (SSSR count). The second kappa shape index (κ2) is 3.08. The van der Waals surface area contributed by atoms with Crippen molar-refractivity contribution in [2.24, 2.45) is 0 Å². The molecule has 62 valence electrons. The minimum absolute atomic E-state index is 0.608. The lowest BCUT2D eigenvalue weighted by atomic mass is 10.1. The van der Waals surface area contributed by atoms with E-state index in [1.54, 1.807) is 11.3 Å².